The van der Waals surface area contributed by atoms with Gasteiger partial charge in [0.05, 0.1) is 34.4 Å². The van der Waals surface area contributed by atoms with Gasteiger partial charge in [-0.25, -0.2) is 4.98 Å². The van der Waals surface area contributed by atoms with Gasteiger partial charge in [0.15, 0.2) is 0 Å². The maximum absolute atomic E-state index is 13.2. The lowest BCUT2D eigenvalue weighted by molar-refractivity contribution is -0.137. The Morgan fingerprint density at radius 2 is 1.62 bits per heavy atom. The molecule has 2 heterocycles. The molecular formula is C16H18BF3N2O2. The van der Waals surface area contributed by atoms with Crippen molar-refractivity contribution < 1.29 is 22.5 Å². The molecule has 3 rings (SSSR count). The first-order valence-electron chi connectivity index (χ1n) is 7.57. The van der Waals surface area contributed by atoms with Gasteiger partial charge in [0.25, 0.3) is 0 Å². The van der Waals surface area contributed by atoms with Gasteiger partial charge < -0.3 is 13.9 Å². The molecule has 1 aliphatic heterocycles. The maximum Gasteiger partial charge on any atom is 0.516 e. The highest BCUT2D eigenvalue weighted by molar-refractivity contribution is 6.61. The molecule has 128 valence electrons. The predicted molar refractivity (Wildman–Crippen MR) is 84.3 cm³/mol. The van der Waals surface area contributed by atoms with Gasteiger partial charge in [-0.3, -0.25) is 0 Å². The molecule has 1 aromatic heterocycles. The third-order valence-corrected chi connectivity index (χ3v) is 4.58. The van der Waals surface area contributed by atoms with E-state index in [4.69, 9.17) is 9.31 Å². The molecule has 0 amide bonds. The van der Waals surface area contributed by atoms with E-state index in [2.05, 4.69) is 4.98 Å². The molecule has 24 heavy (non-hydrogen) atoms. The highest BCUT2D eigenvalue weighted by atomic mass is 19.4. The van der Waals surface area contributed by atoms with Gasteiger partial charge in [0.1, 0.15) is 0 Å². The molecule has 0 N–H and O–H groups in total. The number of hydrogen-bond acceptors (Lipinski definition) is 3. The summed E-state index contributed by atoms with van der Waals surface area (Å²) in [4.78, 5) is 4.17. The number of rotatable bonds is 2. The van der Waals surface area contributed by atoms with Crippen LogP contribution in [0.25, 0.3) is 5.69 Å². The Kier molecular flexibility index (Phi) is 3.80. The van der Waals surface area contributed by atoms with Crippen molar-refractivity contribution in [2.24, 2.45) is 0 Å². The molecule has 1 fully saturated rings. The van der Waals surface area contributed by atoms with E-state index in [1.807, 2.05) is 27.7 Å². The topological polar surface area (TPSA) is 36.3 Å². The number of aromatic nitrogens is 2. The summed E-state index contributed by atoms with van der Waals surface area (Å²) in [5.74, 6) is 0. The van der Waals surface area contributed by atoms with Gasteiger partial charge in [-0.2, -0.15) is 13.2 Å². The zero-order valence-corrected chi connectivity index (χ0v) is 13.9. The number of halogens is 3. The number of benzene rings is 1. The first-order chi connectivity index (χ1) is 11.0. The zero-order valence-electron chi connectivity index (χ0n) is 13.9. The van der Waals surface area contributed by atoms with Crippen LogP contribution in [-0.4, -0.2) is 27.9 Å². The summed E-state index contributed by atoms with van der Waals surface area (Å²) in [5.41, 5.74) is -1.34. The van der Waals surface area contributed by atoms with Crippen LogP contribution >= 0.6 is 0 Å². The minimum atomic E-state index is -4.44. The summed E-state index contributed by atoms with van der Waals surface area (Å²) in [6, 6.07) is 5.36. The van der Waals surface area contributed by atoms with Gasteiger partial charge in [-0.05, 0) is 39.8 Å². The first kappa shape index (κ1) is 17.0. The van der Waals surface area contributed by atoms with Crippen LogP contribution < -0.4 is 5.59 Å². The van der Waals surface area contributed by atoms with E-state index in [-0.39, 0.29) is 5.69 Å². The van der Waals surface area contributed by atoms with E-state index in [9.17, 15) is 13.2 Å². The van der Waals surface area contributed by atoms with Crippen molar-refractivity contribution in [2.75, 3.05) is 0 Å². The summed E-state index contributed by atoms with van der Waals surface area (Å²) in [7, 11) is -0.714. The van der Waals surface area contributed by atoms with Crippen LogP contribution in [0.15, 0.2) is 36.8 Å². The average Bonchev–Trinajstić information content (AvgIpc) is 3.01. The summed E-state index contributed by atoms with van der Waals surface area (Å²) < 4.78 is 52.6. The number of nitrogens with zero attached hydrogens (tertiary/aromatic N) is 2. The second-order valence-electron chi connectivity index (χ2n) is 6.81. The largest absolute Gasteiger partial charge is 0.516 e. The normalized spacial score (nSPS) is 19.7. The lowest BCUT2D eigenvalue weighted by atomic mass is 9.86. The monoisotopic (exact) mass is 338 g/mol. The molecule has 0 saturated carbocycles. The van der Waals surface area contributed by atoms with Crippen molar-refractivity contribution >= 4 is 12.7 Å². The SMILES string of the molecule is CC1(C)OB(c2cn(-c3ccccc3C(F)(F)F)cn2)OC1(C)C. The van der Waals surface area contributed by atoms with Gasteiger partial charge in [0.2, 0.25) is 0 Å². The fourth-order valence-electron chi connectivity index (χ4n) is 2.49. The van der Waals surface area contributed by atoms with Crippen molar-refractivity contribution in [1.82, 2.24) is 9.55 Å². The van der Waals surface area contributed by atoms with E-state index in [1.165, 1.54) is 29.2 Å². The Labute approximate surface area is 138 Å². The third kappa shape index (κ3) is 2.84. The van der Waals surface area contributed by atoms with E-state index in [1.54, 1.807) is 6.07 Å². The summed E-state index contributed by atoms with van der Waals surface area (Å²) in [6.07, 6.45) is -1.59. The standard InChI is InChI=1S/C16H18BF3N2O2/c1-14(2)15(3,4)24-17(23-14)13-9-22(10-21-13)12-8-6-5-7-11(12)16(18,19)20/h5-10H,1-4H3. The number of para-hydroxylation sites is 1. The Bertz CT molecular complexity index is 740. The second-order valence-corrected chi connectivity index (χ2v) is 6.81. The molecule has 1 saturated heterocycles. The number of alkyl halides is 3. The van der Waals surface area contributed by atoms with Crippen LogP contribution in [0.2, 0.25) is 0 Å². The highest BCUT2D eigenvalue weighted by Crippen LogP contribution is 2.37. The van der Waals surface area contributed by atoms with E-state index >= 15 is 0 Å². The molecule has 0 atom stereocenters. The van der Waals surface area contributed by atoms with Gasteiger partial charge in [-0.15, -0.1) is 0 Å². The predicted octanol–water partition coefficient (Wildman–Crippen LogP) is 3.19. The van der Waals surface area contributed by atoms with Crippen molar-refractivity contribution in [1.29, 1.82) is 0 Å². The first-order valence-corrected chi connectivity index (χ1v) is 7.57. The van der Waals surface area contributed by atoms with Crippen molar-refractivity contribution in [2.45, 2.75) is 45.1 Å². The smallest absolute Gasteiger partial charge is 0.398 e. The van der Waals surface area contributed by atoms with Crippen molar-refractivity contribution in [3.63, 3.8) is 0 Å². The molecule has 0 spiro atoms. The van der Waals surface area contributed by atoms with E-state index in [0.29, 0.717) is 5.59 Å². The molecule has 0 unspecified atom stereocenters. The van der Waals surface area contributed by atoms with Crippen LogP contribution in [0.4, 0.5) is 13.2 Å². The number of imidazole rings is 1. The van der Waals surface area contributed by atoms with Gasteiger partial charge in [-0.1, -0.05) is 12.1 Å². The fraction of sp³-hybridized carbons (Fsp3) is 0.438. The lowest BCUT2D eigenvalue weighted by Gasteiger charge is -2.32. The summed E-state index contributed by atoms with van der Waals surface area (Å²) >= 11 is 0. The van der Waals surface area contributed by atoms with Crippen LogP contribution in [0.1, 0.15) is 33.3 Å². The van der Waals surface area contributed by atoms with E-state index in [0.717, 1.165) is 6.07 Å². The minimum Gasteiger partial charge on any atom is -0.398 e. The molecule has 0 aliphatic carbocycles. The molecule has 0 radical (unpaired) electrons. The fourth-order valence-corrected chi connectivity index (χ4v) is 2.49. The molecule has 4 nitrogen and oxygen atoms in total. The third-order valence-electron chi connectivity index (χ3n) is 4.58. The lowest BCUT2D eigenvalue weighted by Crippen LogP contribution is -2.41. The maximum atomic E-state index is 13.2. The minimum absolute atomic E-state index is 0.0141. The Morgan fingerprint density at radius 3 is 2.21 bits per heavy atom. The quantitative estimate of drug-likeness (QED) is 0.789. The Balaban J connectivity index is 1.94. The van der Waals surface area contributed by atoms with Crippen molar-refractivity contribution in [3.8, 4) is 5.69 Å². The van der Waals surface area contributed by atoms with E-state index < -0.39 is 30.1 Å². The molecule has 1 aromatic carbocycles. The van der Waals surface area contributed by atoms with Gasteiger partial charge >= 0.3 is 13.3 Å². The van der Waals surface area contributed by atoms with Gasteiger partial charge in [0, 0.05) is 6.20 Å². The molecule has 1 aliphatic rings. The zero-order chi connectivity index (χ0) is 17.8. The Morgan fingerprint density at radius 1 is 1.04 bits per heavy atom. The highest BCUT2D eigenvalue weighted by Gasteiger charge is 2.52. The number of hydrogen-bond donors (Lipinski definition) is 0. The second kappa shape index (κ2) is 5.36. The summed E-state index contributed by atoms with van der Waals surface area (Å²) in [5, 5.41) is 0. The van der Waals surface area contributed by atoms with Crippen LogP contribution in [0, 0.1) is 0 Å². The summed E-state index contributed by atoms with van der Waals surface area (Å²) in [6.45, 7) is 7.62. The molecule has 8 heteroatoms. The van der Waals surface area contributed by atoms with Crippen LogP contribution in [-0.2, 0) is 15.5 Å². The molecular weight excluding hydrogens is 320 g/mol. The van der Waals surface area contributed by atoms with Crippen molar-refractivity contribution in [3.05, 3.63) is 42.4 Å². The average molecular weight is 338 g/mol. The molecule has 0 bridgehead atoms. The molecule has 2 aromatic rings. The van der Waals surface area contributed by atoms with Crippen LogP contribution in [0.3, 0.4) is 0 Å². The van der Waals surface area contributed by atoms with Crippen LogP contribution in [0.5, 0.6) is 0 Å². The Hall–Kier alpha value is -1.80.